The summed E-state index contributed by atoms with van der Waals surface area (Å²) in [5, 5.41) is 1.16. The third-order valence-corrected chi connectivity index (χ3v) is 3.26. The summed E-state index contributed by atoms with van der Waals surface area (Å²) in [5.74, 6) is 0. The zero-order valence-electron chi connectivity index (χ0n) is 9.30. The number of hydrogen-bond donors (Lipinski definition) is 2. The Morgan fingerprint density at radius 3 is 2.18 bits per heavy atom. The topological polar surface area (TPSA) is 52.0 Å². The number of aryl methyl sites for hydroxylation is 1. The summed E-state index contributed by atoms with van der Waals surface area (Å²) < 4.78 is 0. The van der Waals surface area contributed by atoms with Gasteiger partial charge in [-0.15, -0.1) is 0 Å². The molecule has 0 saturated heterocycles. The molecule has 0 unspecified atom stereocenters. The lowest BCUT2D eigenvalue weighted by atomic mass is 10.0. The molecule has 0 aliphatic heterocycles. The van der Waals surface area contributed by atoms with Gasteiger partial charge in [-0.25, -0.2) is 0 Å². The van der Waals surface area contributed by atoms with E-state index in [0.717, 1.165) is 16.7 Å². The predicted molar refractivity (Wildman–Crippen MR) is 75.5 cm³/mol. The predicted octanol–water partition coefficient (Wildman–Crippen LogP) is 4.13. The van der Waals surface area contributed by atoms with Crippen molar-refractivity contribution in [2.45, 2.75) is 6.92 Å². The second kappa shape index (κ2) is 4.47. The van der Waals surface area contributed by atoms with Crippen LogP contribution in [0.5, 0.6) is 0 Å². The van der Waals surface area contributed by atoms with Crippen molar-refractivity contribution in [3.8, 4) is 11.1 Å². The summed E-state index contributed by atoms with van der Waals surface area (Å²) in [7, 11) is 0. The smallest absolute Gasteiger partial charge is 0.0505 e. The van der Waals surface area contributed by atoms with Crippen LogP contribution >= 0.6 is 23.2 Å². The van der Waals surface area contributed by atoms with Crippen LogP contribution in [-0.2, 0) is 0 Å². The van der Waals surface area contributed by atoms with E-state index in [-0.39, 0.29) is 0 Å². The monoisotopic (exact) mass is 266 g/mol. The Balaban J connectivity index is 2.64. The number of nitrogen functional groups attached to an aromatic ring is 2. The molecule has 0 aromatic heterocycles. The molecule has 0 spiro atoms. The van der Waals surface area contributed by atoms with Gasteiger partial charge < -0.3 is 11.5 Å². The fourth-order valence-electron chi connectivity index (χ4n) is 1.65. The molecule has 0 saturated carbocycles. The van der Waals surface area contributed by atoms with Crippen LogP contribution < -0.4 is 11.5 Å². The molecule has 4 N–H and O–H groups in total. The zero-order chi connectivity index (χ0) is 12.6. The van der Waals surface area contributed by atoms with E-state index in [4.69, 9.17) is 34.7 Å². The Morgan fingerprint density at radius 2 is 1.53 bits per heavy atom. The van der Waals surface area contributed by atoms with Gasteiger partial charge in [0.05, 0.1) is 10.0 Å². The van der Waals surface area contributed by atoms with Crippen LogP contribution in [0.25, 0.3) is 11.1 Å². The second-order valence-electron chi connectivity index (χ2n) is 3.93. The fraction of sp³-hybridized carbons (Fsp3) is 0.0769. The Bertz CT molecular complexity index is 580. The average molecular weight is 267 g/mol. The minimum Gasteiger partial charge on any atom is -0.399 e. The molecule has 17 heavy (non-hydrogen) atoms. The minimum atomic E-state index is 0.580. The molecule has 0 heterocycles. The summed E-state index contributed by atoms with van der Waals surface area (Å²) >= 11 is 12.3. The van der Waals surface area contributed by atoms with Crippen molar-refractivity contribution < 1.29 is 0 Å². The summed E-state index contributed by atoms with van der Waals surface area (Å²) in [4.78, 5) is 0. The first kappa shape index (κ1) is 12.1. The van der Waals surface area contributed by atoms with Crippen LogP contribution in [0.15, 0.2) is 30.3 Å². The molecule has 0 radical (unpaired) electrons. The molecule has 2 nitrogen and oxygen atoms in total. The van der Waals surface area contributed by atoms with Crippen LogP contribution in [0.4, 0.5) is 11.4 Å². The molecular formula is C13H12Cl2N2. The molecule has 2 aromatic carbocycles. The second-order valence-corrected chi connectivity index (χ2v) is 4.74. The zero-order valence-corrected chi connectivity index (χ0v) is 10.8. The van der Waals surface area contributed by atoms with E-state index in [1.807, 2.05) is 19.1 Å². The summed E-state index contributed by atoms with van der Waals surface area (Å²) in [5.41, 5.74) is 15.4. The van der Waals surface area contributed by atoms with Crippen molar-refractivity contribution in [3.05, 3.63) is 45.9 Å². The lowest BCUT2D eigenvalue weighted by molar-refractivity contribution is 1.46. The van der Waals surface area contributed by atoms with Gasteiger partial charge in [0.15, 0.2) is 0 Å². The normalized spacial score (nSPS) is 10.5. The van der Waals surface area contributed by atoms with Gasteiger partial charge in [-0.1, -0.05) is 29.3 Å². The van der Waals surface area contributed by atoms with Gasteiger partial charge >= 0.3 is 0 Å². The lowest BCUT2D eigenvalue weighted by Gasteiger charge is -2.10. The quantitative estimate of drug-likeness (QED) is 0.763. The fourth-order valence-corrected chi connectivity index (χ4v) is 2.22. The summed E-state index contributed by atoms with van der Waals surface area (Å²) in [6, 6.07) is 9.02. The van der Waals surface area contributed by atoms with E-state index >= 15 is 0 Å². The number of rotatable bonds is 1. The number of nitrogens with two attached hydrogens (primary N) is 2. The molecular weight excluding hydrogens is 255 g/mol. The molecule has 0 aliphatic rings. The van der Waals surface area contributed by atoms with Gasteiger partial charge in [-0.2, -0.15) is 0 Å². The molecule has 0 fully saturated rings. The number of hydrogen-bond acceptors (Lipinski definition) is 2. The molecule has 0 atom stereocenters. The standard InChI is InChI=1S/C13H12Cl2N2/c1-7-4-10(12(15)6-13(7)17)9-3-2-8(16)5-11(9)14/h2-6H,16-17H2,1H3. The average Bonchev–Trinajstić information content (AvgIpc) is 2.24. The maximum absolute atomic E-state index is 6.18. The highest BCUT2D eigenvalue weighted by molar-refractivity contribution is 6.36. The van der Waals surface area contributed by atoms with E-state index in [2.05, 4.69) is 0 Å². The van der Waals surface area contributed by atoms with Crippen LogP contribution in [0.1, 0.15) is 5.56 Å². The van der Waals surface area contributed by atoms with Gasteiger partial charge in [-0.3, -0.25) is 0 Å². The van der Waals surface area contributed by atoms with E-state index in [1.54, 1.807) is 18.2 Å². The maximum atomic E-state index is 6.18. The first-order valence-corrected chi connectivity index (χ1v) is 5.85. The molecule has 88 valence electrons. The van der Waals surface area contributed by atoms with Gasteiger partial charge in [0, 0.05) is 22.5 Å². The highest BCUT2D eigenvalue weighted by Gasteiger charge is 2.10. The van der Waals surface area contributed by atoms with Gasteiger partial charge in [-0.05, 0) is 36.8 Å². The minimum absolute atomic E-state index is 0.580. The molecule has 0 aliphatic carbocycles. The number of anilines is 2. The molecule has 2 rings (SSSR count). The Hall–Kier alpha value is -1.38. The van der Waals surface area contributed by atoms with E-state index in [0.29, 0.717) is 21.4 Å². The van der Waals surface area contributed by atoms with Crippen molar-refractivity contribution in [1.82, 2.24) is 0 Å². The molecule has 0 bridgehead atoms. The Labute approximate surface area is 110 Å². The third-order valence-electron chi connectivity index (χ3n) is 2.64. The highest BCUT2D eigenvalue weighted by Crippen LogP contribution is 2.36. The summed E-state index contributed by atoms with van der Waals surface area (Å²) in [6.07, 6.45) is 0. The molecule has 4 heteroatoms. The number of benzene rings is 2. The third kappa shape index (κ3) is 2.33. The highest BCUT2D eigenvalue weighted by atomic mass is 35.5. The van der Waals surface area contributed by atoms with Crippen molar-refractivity contribution >= 4 is 34.6 Å². The van der Waals surface area contributed by atoms with Crippen LogP contribution in [0.3, 0.4) is 0 Å². The first-order valence-electron chi connectivity index (χ1n) is 5.10. The van der Waals surface area contributed by atoms with E-state index in [1.165, 1.54) is 0 Å². The van der Waals surface area contributed by atoms with Crippen LogP contribution in [0, 0.1) is 6.92 Å². The van der Waals surface area contributed by atoms with Gasteiger partial charge in [0.25, 0.3) is 0 Å². The Kier molecular flexibility index (Phi) is 3.18. The van der Waals surface area contributed by atoms with Gasteiger partial charge in [0.1, 0.15) is 0 Å². The largest absolute Gasteiger partial charge is 0.399 e. The Morgan fingerprint density at radius 1 is 0.882 bits per heavy atom. The molecule has 2 aromatic rings. The maximum Gasteiger partial charge on any atom is 0.0505 e. The van der Waals surface area contributed by atoms with Crippen LogP contribution in [0.2, 0.25) is 10.0 Å². The first-order chi connectivity index (χ1) is 7.99. The van der Waals surface area contributed by atoms with Crippen molar-refractivity contribution in [3.63, 3.8) is 0 Å². The van der Waals surface area contributed by atoms with E-state index in [9.17, 15) is 0 Å². The van der Waals surface area contributed by atoms with E-state index < -0.39 is 0 Å². The van der Waals surface area contributed by atoms with Crippen molar-refractivity contribution in [2.24, 2.45) is 0 Å². The lowest BCUT2D eigenvalue weighted by Crippen LogP contribution is -1.92. The van der Waals surface area contributed by atoms with Crippen molar-refractivity contribution in [1.29, 1.82) is 0 Å². The van der Waals surface area contributed by atoms with Crippen LogP contribution in [-0.4, -0.2) is 0 Å². The molecule has 0 amide bonds. The van der Waals surface area contributed by atoms with Crippen molar-refractivity contribution in [2.75, 3.05) is 11.5 Å². The number of halogens is 2. The SMILES string of the molecule is Cc1cc(-c2ccc(N)cc2Cl)c(Cl)cc1N. The van der Waals surface area contributed by atoms with Gasteiger partial charge in [0.2, 0.25) is 0 Å². The summed E-state index contributed by atoms with van der Waals surface area (Å²) in [6.45, 7) is 1.93.